The van der Waals surface area contributed by atoms with Gasteiger partial charge >= 0.3 is 6.03 Å². The number of carbonyl (C=O) groups is 2. The summed E-state index contributed by atoms with van der Waals surface area (Å²) >= 11 is 0. The average molecular weight is 247 g/mol. The molecule has 0 bridgehead atoms. The number of amides is 3. The van der Waals surface area contributed by atoms with Crippen LogP contribution in [0, 0.1) is 5.92 Å². The van der Waals surface area contributed by atoms with E-state index in [4.69, 9.17) is 0 Å². The summed E-state index contributed by atoms with van der Waals surface area (Å²) in [6, 6.07) is 6.84. The molecule has 0 heterocycles. The summed E-state index contributed by atoms with van der Waals surface area (Å²) in [7, 11) is 1.55. The summed E-state index contributed by atoms with van der Waals surface area (Å²) in [5.74, 6) is 0.221. The van der Waals surface area contributed by atoms with Gasteiger partial charge < -0.3 is 16.0 Å². The molecule has 96 valence electrons. The summed E-state index contributed by atoms with van der Waals surface area (Å²) in [6.45, 7) is 0. The van der Waals surface area contributed by atoms with Crippen LogP contribution in [-0.2, 0) is 4.79 Å². The minimum atomic E-state index is -0.280. The van der Waals surface area contributed by atoms with E-state index < -0.39 is 0 Å². The fourth-order valence-electron chi connectivity index (χ4n) is 1.78. The van der Waals surface area contributed by atoms with Crippen molar-refractivity contribution in [1.82, 2.24) is 5.32 Å². The molecule has 1 aromatic carbocycles. The van der Waals surface area contributed by atoms with Crippen LogP contribution in [0.4, 0.5) is 16.2 Å². The monoisotopic (exact) mass is 247 g/mol. The Morgan fingerprint density at radius 3 is 2.39 bits per heavy atom. The Morgan fingerprint density at radius 2 is 1.83 bits per heavy atom. The summed E-state index contributed by atoms with van der Waals surface area (Å²) in [6.07, 6.45) is 3.08. The van der Waals surface area contributed by atoms with Crippen molar-refractivity contribution in [1.29, 1.82) is 0 Å². The highest BCUT2D eigenvalue weighted by Crippen LogP contribution is 2.27. The van der Waals surface area contributed by atoms with Crippen LogP contribution in [0.25, 0.3) is 0 Å². The Morgan fingerprint density at radius 1 is 1.17 bits per heavy atom. The fourth-order valence-corrected chi connectivity index (χ4v) is 1.78. The van der Waals surface area contributed by atoms with Crippen molar-refractivity contribution in [2.24, 2.45) is 5.92 Å². The van der Waals surface area contributed by atoms with Gasteiger partial charge in [0.05, 0.1) is 0 Å². The number of rotatable bonds is 3. The van der Waals surface area contributed by atoms with Gasteiger partial charge in [-0.2, -0.15) is 0 Å². The lowest BCUT2D eigenvalue weighted by Gasteiger charge is -2.24. The fraction of sp³-hybridized carbons (Fsp3) is 0.385. The van der Waals surface area contributed by atoms with Crippen molar-refractivity contribution >= 4 is 23.3 Å². The maximum atomic E-state index is 11.8. The van der Waals surface area contributed by atoms with Gasteiger partial charge in [0.1, 0.15) is 0 Å². The van der Waals surface area contributed by atoms with Gasteiger partial charge in [-0.05, 0) is 31.0 Å². The Kier molecular flexibility index (Phi) is 3.82. The molecule has 0 spiro atoms. The zero-order chi connectivity index (χ0) is 13.0. The van der Waals surface area contributed by atoms with Gasteiger partial charge in [0.2, 0.25) is 5.91 Å². The number of hydrogen-bond donors (Lipinski definition) is 3. The largest absolute Gasteiger partial charge is 0.341 e. The van der Waals surface area contributed by atoms with Gasteiger partial charge in [-0.25, -0.2) is 4.79 Å². The summed E-state index contributed by atoms with van der Waals surface area (Å²) < 4.78 is 0. The topological polar surface area (TPSA) is 70.2 Å². The van der Waals surface area contributed by atoms with Crippen molar-refractivity contribution in [3.8, 4) is 0 Å². The van der Waals surface area contributed by atoms with Crippen molar-refractivity contribution < 1.29 is 9.59 Å². The first-order valence-corrected chi connectivity index (χ1v) is 6.08. The van der Waals surface area contributed by atoms with Crippen molar-refractivity contribution in [2.75, 3.05) is 17.7 Å². The highest BCUT2D eigenvalue weighted by Gasteiger charge is 2.25. The first-order valence-electron chi connectivity index (χ1n) is 6.08. The Labute approximate surface area is 106 Å². The maximum absolute atomic E-state index is 11.8. The second-order valence-electron chi connectivity index (χ2n) is 4.40. The first kappa shape index (κ1) is 12.4. The highest BCUT2D eigenvalue weighted by atomic mass is 16.2. The van der Waals surface area contributed by atoms with Crippen LogP contribution in [0.1, 0.15) is 19.3 Å². The molecule has 0 saturated heterocycles. The van der Waals surface area contributed by atoms with E-state index in [0.29, 0.717) is 11.4 Å². The van der Waals surface area contributed by atoms with Crippen molar-refractivity contribution in [2.45, 2.75) is 19.3 Å². The molecule has 0 unspecified atom stereocenters. The smallest absolute Gasteiger partial charge is 0.318 e. The third-order valence-electron chi connectivity index (χ3n) is 3.09. The second kappa shape index (κ2) is 5.53. The number of nitrogens with one attached hydrogen (secondary N) is 3. The van der Waals surface area contributed by atoms with Gasteiger partial charge in [-0.15, -0.1) is 0 Å². The van der Waals surface area contributed by atoms with E-state index in [2.05, 4.69) is 16.0 Å². The molecular formula is C13H17N3O2. The van der Waals surface area contributed by atoms with E-state index in [0.717, 1.165) is 19.3 Å². The Hall–Kier alpha value is -2.04. The lowest BCUT2D eigenvalue weighted by Crippen LogP contribution is -2.28. The number of urea groups is 1. The molecule has 1 aliphatic rings. The number of hydrogen-bond acceptors (Lipinski definition) is 2. The summed E-state index contributed by atoms with van der Waals surface area (Å²) in [5.41, 5.74) is 1.36. The molecule has 1 fully saturated rings. The molecule has 0 aromatic heterocycles. The number of carbonyl (C=O) groups excluding carboxylic acids is 2. The van der Waals surface area contributed by atoms with Gasteiger partial charge in [0, 0.05) is 24.3 Å². The lowest BCUT2D eigenvalue weighted by molar-refractivity contribution is -0.122. The zero-order valence-electron chi connectivity index (χ0n) is 10.3. The van der Waals surface area contributed by atoms with Crippen LogP contribution in [0.3, 0.4) is 0 Å². The minimum Gasteiger partial charge on any atom is -0.341 e. The minimum absolute atomic E-state index is 0.0679. The normalized spacial score (nSPS) is 14.5. The van der Waals surface area contributed by atoms with E-state index in [9.17, 15) is 9.59 Å². The third kappa shape index (κ3) is 3.00. The Bertz CT molecular complexity index is 455. The van der Waals surface area contributed by atoms with E-state index >= 15 is 0 Å². The standard InChI is InChI=1S/C13H17N3O2/c1-14-13(18)16-11-7-3-6-10(8-11)15-12(17)9-4-2-5-9/h3,6-9H,2,4-5H2,1H3,(H,15,17)(H2,14,16,18). The first-order chi connectivity index (χ1) is 8.69. The van der Waals surface area contributed by atoms with Crippen LogP contribution in [0.2, 0.25) is 0 Å². The van der Waals surface area contributed by atoms with Crippen LogP contribution in [0.15, 0.2) is 24.3 Å². The SMILES string of the molecule is CNC(=O)Nc1cccc(NC(=O)C2CCC2)c1. The second-order valence-corrected chi connectivity index (χ2v) is 4.40. The molecule has 3 amide bonds. The van der Waals surface area contributed by atoms with Gasteiger partial charge in [0.15, 0.2) is 0 Å². The molecule has 1 saturated carbocycles. The van der Waals surface area contributed by atoms with Gasteiger partial charge in [-0.1, -0.05) is 12.5 Å². The van der Waals surface area contributed by atoms with Crippen LogP contribution in [0.5, 0.6) is 0 Å². The predicted octanol–water partition coefficient (Wildman–Crippen LogP) is 2.18. The van der Waals surface area contributed by atoms with E-state index in [1.165, 1.54) is 0 Å². The molecule has 5 heteroatoms. The molecule has 0 radical (unpaired) electrons. The Balaban J connectivity index is 1.98. The van der Waals surface area contributed by atoms with Gasteiger partial charge in [-0.3, -0.25) is 4.79 Å². The highest BCUT2D eigenvalue weighted by molar-refractivity contribution is 5.94. The predicted molar refractivity (Wildman–Crippen MR) is 70.5 cm³/mol. The summed E-state index contributed by atoms with van der Waals surface area (Å²) in [5, 5.41) is 8.00. The molecular weight excluding hydrogens is 230 g/mol. The molecule has 1 aromatic rings. The number of benzene rings is 1. The van der Waals surface area contributed by atoms with Crippen molar-refractivity contribution in [3.63, 3.8) is 0 Å². The lowest BCUT2D eigenvalue weighted by atomic mass is 9.85. The number of anilines is 2. The molecule has 0 atom stereocenters. The molecule has 2 rings (SSSR count). The third-order valence-corrected chi connectivity index (χ3v) is 3.09. The van der Waals surface area contributed by atoms with Crippen molar-refractivity contribution in [3.05, 3.63) is 24.3 Å². The molecule has 0 aliphatic heterocycles. The van der Waals surface area contributed by atoms with E-state index in [1.807, 2.05) is 6.07 Å². The van der Waals surface area contributed by atoms with Gasteiger partial charge in [0.25, 0.3) is 0 Å². The maximum Gasteiger partial charge on any atom is 0.318 e. The van der Waals surface area contributed by atoms with Crippen LogP contribution < -0.4 is 16.0 Å². The van der Waals surface area contributed by atoms with E-state index in [-0.39, 0.29) is 17.9 Å². The van der Waals surface area contributed by atoms with E-state index in [1.54, 1.807) is 25.2 Å². The van der Waals surface area contributed by atoms with Crippen LogP contribution in [-0.4, -0.2) is 19.0 Å². The molecule has 3 N–H and O–H groups in total. The molecule has 5 nitrogen and oxygen atoms in total. The molecule has 18 heavy (non-hydrogen) atoms. The zero-order valence-corrected chi connectivity index (χ0v) is 10.3. The van der Waals surface area contributed by atoms with Crippen LogP contribution >= 0.6 is 0 Å². The quantitative estimate of drug-likeness (QED) is 0.766. The average Bonchev–Trinajstić information content (AvgIpc) is 2.26. The summed E-state index contributed by atoms with van der Waals surface area (Å²) in [4.78, 5) is 22.9. The molecule has 1 aliphatic carbocycles.